The molecule has 2 N–H and O–H groups in total. The van der Waals surface area contributed by atoms with Crippen molar-refractivity contribution in [1.29, 1.82) is 0 Å². The minimum absolute atomic E-state index is 0.450. The van der Waals surface area contributed by atoms with Gasteiger partial charge in [0.1, 0.15) is 0 Å². The fourth-order valence-electron chi connectivity index (χ4n) is 1.93. The van der Waals surface area contributed by atoms with Crippen LogP contribution in [0.3, 0.4) is 0 Å². The third-order valence-electron chi connectivity index (χ3n) is 2.80. The number of aliphatic hydroxyl groups excluding tert-OH is 1. The average molecular weight is 251 g/mol. The number of nitrogens with one attached hydrogen (secondary N) is 1. The zero-order valence-electron chi connectivity index (χ0n) is 11.6. The topological polar surface area (TPSA) is 41.5 Å². The van der Waals surface area contributed by atoms with Crippen molar-refractivity contribution in [1.82, 2.24) is 5.32 Å². The first-order valence-electron chi connectivity index (χ1n) is 6.60. The molecule has 3 heteroatoms. The van der Waals surface area contributed by atoms with E-state index in [4.69, 9.17) is 4.74 Å². The molecule has 0 bridgehead atoms. The van der Waals surface area contributed by atoms with Crippen LogP contribution in [0.5, 0.6) is 0 Å². The lowest BCUT2D eigenvalue weighted by molar-refractivity contribution is 0.161. The van der Waals surface area contributed by atoms with Crippen molar-refractivity contribution in [3.63, 3.8) is 0 Å². The van der Waals surface area contributed by atoms with Crippen molar-refractivity contribution in [3.05, 3.63) is 35.4 Å². The van der Waals surface area contributed by atoms with Gasteiger partial charge in [0.25, 0.3) is 0 Å². The minimum atomic E-state index is -0.450. The first-order chi connectivity index (χ1) is 8.63. The predicted octanol–water partition coefficient (Wildman–Crippen LogP) is 2.15. The lowest BCUT2D eigenvalue weighted by atomic mass is 9.99. The Kier molecular flexibility index (Phi) is 6.94. The van der Waals surface area contributed by atoms with Crippen molar-refractivity contribution >= 4 is 0 Å². The molecule has 1 rings (SSSR count). The molecule has 1 aromatic rings. The predicted molar refractivity (Wildman–Crippen MR) is 74.7 cm³/mol. The minimum Gasteiger partial charge on any atom is -0.387 e. The highest BCUT2D eigenvalue weighted by atomic mass is 16.5. The molecule has 0 aliphatic heterocycles. The van der Waals surface area contributed by atoms with Gasteiger partial charge in [-0.25, -0.2) is 0 Å². The van der Waals surface area contributed by atoms with Gasteiger partial charge < -0.3 is 15.2 Å². The van der Waals surface area contributed by atoms with Crippen LogP contribution in [-0.2, 0) is 11.2 Å². The number of hydrogen-bond acceptors (Lipinski definition) is 3. The molecule has 0 amide bonds. The zero-order valence-corrected chi connectivity index (χ0v) is 11.6. The molecular formula is C15H25NO2. The monoisotopic (exact) mass is 251 g/mol. The van der Waals surface area contributed by atoms with E-state index in [-0.39, 0.29) is 0 Å². The summed E-state index contributed by atoms with van der Waals surface area (Å²) in [6.07, 6.45) is 0.603. The molecule has 1 aromatic carbocycles. The molecule has 0 fully saturated rings. The summed E-state index contributed by atoms with van der Waals surface area (Å²) in [6.45, 7) is 6.40. The quantitative estimate of drug-likeness (QED) is 0.696. The summed E-state index contributed by atoms with van der Waals surface area (Å²) in [5.41, 5.74) is 2.27. The standard InChI is InChI=1S/C15H25NO2/c1-12(2)9-13-5-4-6-14(10-13)15(17)11-16-7-8-18-3/h4-6,10,12,15-17H,7-9,11H2,1-3H3. The van der Waals surface area contributed by atoms with E-state index < -0.39 is 6.10 Å². The molecule has 0 radical (unpaired) electrons. The van der Waals surface area contributed by atoms with Crippen molar-refractivity contribution in [2.45, 2.75) is 26.4 Å². The molecular weight excluding hydrogens is 226 g/mol. The maximum Gasteiger partial charge on any atom is 0.0914 e. The molecule has 102 valence electrons. The van der Waals surface area contributed by atoms with Gasteiger partial charge >= 0.3 is 0 Å². The average Bonchev–Trinajstić information content (AvgIpc) is 2.34. The Morgan fingerprint density at radius 3 is 2.78 bits per heavy atom. The Labute approximate surface area is 110 Å². The summed E-state index contributed by atoms with van der Waals surface area (Å²) in [6, 6.07) is 8.22. The Bertz CT molecular complexity index is 339. The Morgan fingerprint density at radius 2 is 2.11 bits per heavy atom. The molecule has 0 saturated heterocycles. The molecule has 0 aliphatic carbocycles. The van der Waals surface area contributed by atoms with Crippen molar-refractivity contribution in [2.24, 2.45) is 5.92 Å². The van der Waals surface area contributed by atoms with Crippen LogP contribution in [0, 0.1) is 5.92 Å². The molecule has 1 atom stereocenters. The summed E-state index contributed by atoms with van der Waals surface area (Å²) < 4.78 is 4.95. The Balaban J connectivity index is 2.48. The van der Waals surface area contributed by atoms with Crippen LogP contribution in [0.4, 0.5) is 0 Å². The van der Waals surface area contributed by atoms with Crippen LogP contribution in [0.1, 0.15) is 31.1 Å². The fourth-order valence-corrected chi connectivity index (χ4v) is 1.93. The number of rotatable bonds is 8. The summed E-state index contributed by atoms with van der Waals surface area (Å²) in [5.74, 6) is 0.636. The van der Waals surface area contributed by atoms with Gasteiger partial charge in [-0.05, 0) is 23.5 Å². The van der Waals surface area contributed by atoms with Crippen LogP contribution in [0.15, 0.2) is 24.3 Å². The Hall–Kier alpha value is -0.900. The summed E-state index contributed by atoms with van der Waals surface area (Å²) >= 11 is 0. The Morgan fingerprint density at radius 1 is 1.33 bits per heavy atom. The van der Waals surface area contributed by atoms with Crippen molar-refractivity contribution in [3.8, 4) is 0 Å². The molecule has 0 aromatic heterocycles. The number of benzene rings is 1. The highest BCUT2D eigenvalue weighted by Gasteiger charge is 2.08. The molecule has 0 heterocycles. The lowest BCUT2D eigenvalue weighted by Crippen LogP contribution is -2.25. The number of aliphatic hydroxyl groups is 1. The van der Waals surface area contributed by atoms with Crippen LogP contribution in [-0.4, -0.2) is 31.9 Å². The van der Waals surface area contributed by atoms with Gasteiger partial charge in [0.2, 0.25) is 0 Å². The maximum atomic E-state index is 10.1. The normalized spacial score (nSPS) is 12.9. The van der Waals surface area contributed by atoms with Gasteiger partial charge in [0.05, 0.1) is 12.7 Å². The lowest BCUT2D eigenvalue weighted by Gasteiger charge is -2.14. The second kappa shape index (κ2) is 8.25. The number of methoxy groups -OCH3 is 1. The first-order valence-corrected chi connectivity index (χ1v) is 6.60. The van der Waals surface area contributed by atoms with Gasteiger partial charge in [-0.1, -0.05) is 38.1 Å². The van der Waals surface area contributed by atoms with E-state index >= 15 is 0 Å². The molecule has 18 heavy (non-hydrogen) atoms. The highest BCUT2D eigenvalue weighted by Crippen LogP contribution is 2.16. The van der Waals surface area contributed by atoms with E-state index in [2.05, 4.69) is 31.3 Å². The van der Waals surface area contributed by atoms with Crippen LogP contribution in [0.2, 0.25) is 0 Å². The van der Waals surface area contributed by atoms with Gasteiger partial charge in [-0.3, -0.25) is 0 Å². The molecule has 3 nitrogen and oxygen atoms in total. The molecule has 1 unspecified atom stereocenters. The maximum absolute atomic E-state index is 10.1. The van der Waals surface area contributed by atoms with Gasteiger partial charge in [0, 0.05) is 20.2 Å². The van der Waals surface area contributed by atoms with Crippen molar-refractivity contribution in [2.75, 3.05) is 26.8 Å². The van der Waals surface area contributed by atoms with E-state index in [1.54, 1.807) is 7.11 Å². The largest absolute Gasteiger partial charge is 0.387 e. The smallest absolute Gasteiger partial charge is 0.0914 e. The second-order valence-electron chi connectivity index (χ2n) is 5.06. The van der Waals surface area contributed by atoms with E-state index in [1.165, 1.54) is 5.56 Å². The molecule has 0 saturated carbocycles. The third-order valence-corrected chi connectivity index (χ3v) is 2.80. The first kappa shape index (κ1) is 15.2. The fraction of sp³-hybridized carbons (Fsp3) is 0.600. The highest BCUT2D eigenvalue weighted by molar-refractivity contribution is 5.25. The van der Waals surface area contributed by atoms with Crippen molar-refractivity contribution < 1.29 is 9.84 Å². The van der Waals surface area contributed by atoms with Gasteiger partial charge in [0.15, 0.2) is 0 Å². The number of hydrogen-bond donors (Lipinski definition) is 2. The van der Waals surface area contributed by atoms with E-state index in [9.17, 15) is 5.11 Å². The van der Waals surface area contributed by atoms with Crippen LogP contribution >= 0.6 is 0 Å². The third kappa shape index (κ3) is 5.63. The second-order valence-corrected chi connectivity index (χ2v) is 5.06. The van der Waals surface area contributed by atoms with Gasteiger partial charge in [-0.15, -0.1) is 0 Å². The zero-order chi connectivity index (χ0) is 13.4. The van der Waals surface area contributed by atoms with Gasteiger partial charge in [-0.2, -0.15) is 0 Å². The molecule has 0 aliphatic rings. The van der Waals surface area contributed by atoms with E-state index in [0.717, 1.165) is 18.5 Å². The SMILES string of the molecule is COCCNCC(O)c1cccc(CC(C)C)c1. The summed E-state index contributed by atoms with van der Waals surface area (Å²) in [5, 5.41) is 13.2. The van der Waals surface area contributed by atoms with Crippen LogP contribution < -0.4 is 5.32 Å². The number of ether oxygens (including phenoxy) is 1. The summed E-state index contributed by atoms with van der Waals surface area (Å²) in [7, 11) is 1.67. The van der Waals surface area contributed by atoms with E-state index in [0.29, 0.717) is 19.1 Å². The summed E-state index contributed by atoms with van der Waals surface area (Å²) in [4.78, 5) is 0. The van der Waals surface area contributed by atoms with E-state index in [1.807, 2.05) is 12.1 Å². The van der Waals surface area contributed by atoms with Crippen LogP contribution in [0.25, 0.3) is 0 Å². The molecule has 0 spiro atoms.